The van der Waals surface area contributed by atoms with Gasteiger partial charge in [-0.2, -0.15) is 4.52 Å². The van der Waals surface area contributed by atoms with Crippen LogP contribution in [0.15, 0.2) is 0 Å². The van der Waals surface area contributed by atoms with Crippen molar-refractivity contribution >= 4 is 31.1 Å². The van der Waals surface area contributed by atoms with E-state index in [9.17, 15) is 0 Å². The van der Waals surface area contributed by atoms with Gasteiger partial charge in [-0.3, -0.25) is 0 Å². The van der Waals surface area contributed by atoms with Crippen molar-refractivity contribution in [1.29, 1.82) is 0 Å². The highest BCUT2D eigenvalue weighted by atomic mass is 35.5. The summed E-state index contributed by atoms with van der Waals surface area (Å²) >= 11 is 11.3. The molecule has 1 fully saturated rings. The van der Waals surface area contributed by atoms with E-state index in [2.05, 4.69) is 15.3 Å². The molecule has 1 aliphatic heterocycles. The molecule has 15 heavy (non-hydrogen) atoms. The molecule has 0 bridgehead atoms. The van der Waals surface area contributed by atoms with Gasteiger partial charge < -0.3 is 5.48 Å². The minimum atomic E-state index is -1.84. The molecule has 0 aliphatic carbocycles. The van der Waals surface area contributed by atoms with Crippen LogP contribution in [0.2, 0.25) is 0 Å². The van der Waals surface area contributed by atoms with Crippen LogP contribution in [0.25, 0.3) is 0 Å². The van der Waals surface area contributed by atoms with Gasteiger partial charge in [-0.05, 0) is 6.42 Å². The third kappa shape index (κ3) is 5.61. The summed E-state index contributed by atoms with van der Waals surface area (Å²) in [5.74, 6) is 1.16. The number of halogens is 2. The number of alkyl halides is 2. The molecule has 1 heterocycles. The van der Waals surface area contributed by atoms with Crippen molar-refractivity contribution in [1.82, 2.24) is 15.3 Å². The molecule has 92 valence electrons. The normalized spacial score (nSPS) is 19.6. The van der Waals surface area contributed by atoms with Gasteiger partial charge in [0.15, 0.2) is 0 Å². The summed E-state index contributed by atoms with van der Waals surface area (Å²) < 4.78 is 5.73. The minimum absolute atomic E-state index is 0. The predicted octanol–water partition coefficient (Wildman–Crippen LogP) is 0.506. The molecule has 0 radical (unpaired) electrons. The Morgan fingerprint density at radius 2 is 1.80 bits per heavy atom. The zero-order valence-electron chi connectivity index (χ0n) is 8.56. The summed E-state index contributed by atoms with van der Waals surface area (Å²) in [7, 11) is -1.84. The molecule has 0 saturated carbocycles. The number of nitrogens with one attached hydrogen (secondary N) is 3. The van der Waals surface area contributed by atoms with E-state index in [1.54, 1.807) is 0 Å². The van der Waals surface area contributed by atoms with Gasteiger partial charge in [-0.15, -0.1) is 38.5 Å². The number of rotatable bonds is 6. The highest BCUT2D eigenvalue weighted by Gasteiger charge is 2.42. The smallest absolute Gasteiger partial charge is 0.363 e. The van der Waals surface area contributed by atoms with Crippen LogP contribution in [-0.4, -0.2) is 43.5 Å². The van der Waals surface area contributed by atoms with E-state index in [1.807, 2.05) is 0 Å². The number of hydrogen-bond donors (Lipinski definition) is 3. The quantitative estimate of drug-likeness (QED) is 0.489. The Morgan fingerprint density at radius 3 is 2.20 bits per heavy atom. The SMILES string of the molecule is ClCCN[P+]1(NCCCl)NCCCO1.O. The molecule has 0 aromatic carbocycles. The van der Waals surface area contributed by atoms with Gasteiger partial charge in [0.1, 0.15) is 0 Å². The lowest BCUT2D eigenvalue weighted by atomic mass is 10.5. The average molecular weight is 279 g/mol. The minimum Gasteiger partial charge on any atom is -0.412 e. The van der Waals surface area contributed by atoms with Gasteiger partial charge >= 0.3 is 7.94 Å². The molecule has 5 nitrogen and oxygen atoms in total. The largest absolute Gasteiger partial charge is 0.412 e. The number of hydrogen-bond acceptors (Lipinski definition) is 4. The third-order valence-corrected chi connectivity index (χ3v) is 4.75. The molecule has 8 heteroatoms. The average Bonchev–Trinajstić information content (AvgIpc) is 2.25. The molecule has 0 aromatic rings. The van der Waals surface area contributed by atoms with Crippen molar-refractivity contribution in [3.63, 3.8) is 0 Å². The highest BCUT2D eigenvalue weighted by Crippen LogP contribution is 2.48. The maximum absolute atomic E-state index is 5.73. The second-order valence-electron chi connectivity index (χ2n) is 2.90. The van der Waals surface area contributed by atoms with Crippen molar-refractivity contribution in [3.8, 4) is 0 Å². The second kappa shape index (κ2) is 8.90. The highest BCUT2D eigenvalue weighted by molar-refractivity contribution is 7.65. The Kier molecular flexibility index (Phi) is 9.39. The Balaban J connectivity index is 0.00000196. The first-order chi connectivity index (χ1) is 6.83. The Hall–Kier alpha value is 0.810. The van der Waals surface area contributed by atoms with Crippen molar-refractivity contribution in [3.05, 3.63) is 0 Å². The monoisotopic (exact) mass is 278 g/mol. The van der Waals surface area contributed by atoms with E-state index >= 15 is 0 Å². The molecule has 1 saturated heterocycles. The first-order valence-corrected chi connectivity index (χ1v) is 7.51. The Morgan fingerprint density at radius 1 is 1.20 bits per heavy atom. The summed E-state index contributed by atoms with van der Waals surface area (Å²) in [6.07, 6.45) is 1.05. The van der Waals surface area contributed by atoms with Crippen molar-refractivity contribution in [2.75, 3.05) is 38.0 Å². The molecule has 0 aromatic heterocycles. The van der Waals surface area contributed by atoms with E-state index in [0.29, 0.717) is 11.8 Å². The van der Waals surface area contributed by atoms with Crippen LogP contribution in [0.3, 0.4) is 0 Å². The van der Waals surface area contributed by atoms with Gasteiger partial charge in [0.05, 0.1) is 6.61 Å². The zero-order valence-corrected chi connectivity index (χ0v) is 11.0. The van der Waals surface area contributed by atoms with Crippen molar-refractivity contribution in [2.45, 2.75) is 6.42 Å². The first-order valence-electron chi connectivity index (χ1n) is 4.74. The summed E-state index contributed by atoms with van der Waals surface area (Å²) in [6, 6.07) is 0. The molecule has 1 aliphatic rings. The van der Waals surface area contributed by atoms with Crippen molar-refractivity contribution in [2.24, 2.45) is 0 Å². The molecule has 0 spiro atoms. The zero-order chi connectivity index (χ0) is 10.3. The Labute approximate surface area is 101 Å². The molecule has 0 amide bonds. The maximum Gasteiger partial charge on any atom is 0.363 e. The third-order valence-electron chi connectivity index (χ3n) is 1.80. The van der Waals surface area contributed by atoms with E-state index in [4.69, 9.17) is 27.7 Å². The van der Waals surface area contributed by atoms with Crippen LogP contribution < -0.4 is 15.3 Å². The van der Waals surface area contributed by atoms with Gasteiger partial charge in [-0.1, -0.05) is 0 Å². The molecule has 5 N–H and O–H groups in total. The Bertz CT molecular complexity index is 151. The van der Waals surface area contributed by atoms with E-state index < -0.39 is 7.94 Å². The lowest BCUT2D eigenvalue weighted by molar-refractivity contribution is 0.289. The summed E-state index contributed by atoms with van der Waals surface area (Å²) in [4.78, 5) is 0. The summed E-state index contributed by atoms with van der Waals surface area (Å²) in [5.41, 5.74) is 0. The van der Waals surface area contributed by atoms with Gasteiger partial charge in [-0.25, -0.2) is 0 Å². The summed E-state index contributed by atoms with van der Waals surface area (Å²) in [5, 5.41) is 9.94. The van der Waals surface area contributed by atoms with Gasteiger partial charge in [0.25, 0.3) is 0 Å². The fraction of sp³-hybridized carbons (Fsp3) is 1.00. The van der Waals surface area contributed by atoms with Gasteiger partial charge in [0, 0.05) is 31.4 Å². The van der Waals surface area contributed by atoms with E-state index in [-0.39, 0.29) is 5.48 Å². The van der Waals surface area contributed by atoms with Crippen LogP contribution in [-0.2, 0) is 4.52 Å². The fourth-order valence-corrected chi connectivity index (χ4v) is 4.01. The standard InChI is InChI=1S/C7H17Cl2N3OP.H2O/c8-2-5-11-14(12-6-3-9)10-4-1-7-13-14;/h10-12H,1-7H2;1H2/q+1;. The lowest BCUT2D eigenvalue weighted by Gasteiger charge is -2.28. The molecule has 1 rings (SSSR count). The lowest BCUT2D eigenvalue weighted by Crippen LogP contribution is -2.43. The van der Waals surface area contributed by atoms with Crippen LogP contribution in [0.5, 0.6) is 0 Å². The first kappa shape index (κ1) is 15.8. The van der Waals surface area contributed by atoms with Crippen molar-refractivity contribution < 1.29 is 10.00 Å². The van der Waals surface area contributed by atoms with Gasteiger partial charge in [0.2, 0.25) is 0 Å². The van der Waals surface area contributed by atoms with E-state index in [1.165, 1.54) is 0 Å². The second-order valence-corrected chi connectivity index (χ2v) is 6.08. The molecule has 0 unspecified atom stereocenters. The topological polar surface area (TPSA) is 76.8 Å². The predicted molar refractivity (Wildman–Crippen MR) is 66.6 cm³/mol. The van der Waals surface area contributed by atoms with Crippen LogP contribution in [0.4, 0.5) is 0 Å². The summed E-state index contributed by atoms with van der Waals surface area (Å²) in [6.45, 7) is 3.22. The van der Waals surface area contributed by atoms with E-state index in [0.717, 1.165) is 32.7 Å². The molecular weight excluding hydrogens is 260 g/mol. The van der Waals surface area contributed by atoms with Crippen LogP contribution in [0.1, 0.15) is 6.42 Å². The molecular formula is C7H19Cl2N3O2P+. The maximum atomic E-state index is 5.73. The van der Waals surface area contributed by atoms with Crippen LogP contribution >= 0.6 is 31.1 Å². The fourth-order valence-electron chi connectivity index (χ4n) is 1.21. The van der Waals surface area contributed by atoms with Crippen LogP contribution in [0, 0.1) is 0 Å². The molecule has 0 atom stereocenters.